The molecule has 2 aliphatic rings. The van der Waals surface area contributed by atoms with Gasteiger partial charge in [0.2, 0.25) is 0 Å². The smallest absolute Gasteiger partial charge is 0.0588 e. The Balaban J connectivity index is 1.63. The zero-order valence-corrected chi connectivity index (χ0v) is 10.6. The molecule has 1 aliphatic heterocycles. The molecule has 0 amide bonds. The van der Waals surface area contributed by atoms with Crippen molar-refractivity contribution in [3.05, 3.63) is 0 Å². The summed E-state index contributed by atoms with van der Waals surface area (Å²) >= 11 is 0. The lowest BCUT2D eigenvalue weighted by atomic mass is 9.92. The largest absolute Gasteiger partial charge is 0.381 e. The van der Waals surface area contributed by atoms with E-state index in [1.807, 2.05) is 7.11 Å². The third-order valence-electron chi connectivity index (χ3n) is 4.21. The number of hydrogen-bond acceptors (Lipinski definition) is 3. The van der Waals surface area contributed by atoms with Crippen LogP contribution in [0.5, 0.6) is 0 Å². The lowest BCUT2D eigenvalue weighted by Crippen LogP contribution is -2.38. The highest BCUT2D eigenvalue weighted by Gasteiger charge is 2.26. The summed E-state index contributed by atoms with van der Waals surface area (Å²) in [5.41, 5.74) is 0. The standard InChI is InChI=1S/C13H25NO2/c1-10-11(7-8-16-10)9-14-12-3-5-13(15-2)6-4-12/h10-14H,3-9H2,1-2H3. The molecule has 1 aliphatic carbocycles. The molecule has 0 aromatic carbocycles. The molecule has 2 rings (SSSR count). The number of methoxy groups -OCH3 is 1. The first-order valence-corrected chi connectivity index (χ1v) is 6.67. The molecular weight excluding hydrogens is 202 g/mol. The van der Waals surface area contributed by atoms with Crippen molar-refractivity contribution in [3.8, 4) is 0 Å². The minimum absolute atomic E-state index is 0.447. The van der Waals surface area contributed by atoms with Crippen molar-refractivity contribution < 1.29 is 9.47 Å². The predicted octanol–water partition coefficient (Wildman–Crippen LogP) is 1.96. The van der Waals surface area contributed by atoms with Gasteiger partial charge >= 0.3 is 0 Å². The van der Waals surface area contributed by atoms with Crippen molar-refractivity contribution in [1.29, 1.82) is 0 Å². The van der Waals surface area contributed by atoms with Gasteiger partial charge in [0.25, 0.3) is 0 Å². The van der Waals surface area contributed by atoms with Crippen molar-refractivity contribution in [3.63, 3.8) is 0 Å². The third kappa shape index (κ3) is 3.19. The summed E-state index contributed by atoms with van der Waals surface area (Å²) in [5.74, 6) is 0.722. The van der Waals surface area contributed by atoms with Crippen LogP contribution >= 0.6 is 0 Å². The molecule has 16 heavy (non-hydrogen) atoms. The molecular formula is C13H25NO2. The Morgan fingerprint density at radius 2 is 1.94 bits per heavy atom. The molecule has 1 N–H and O–H groups in total. The first kappa shape index (κ1) is 12.3. The lowest BCUT2D eigenvalue weighted by molar-refractivity contribution is 0.0608. The Labute approximate surface area is 98.9 Å². The van der Waals surface area contributed by atoms with Crippen LogP contribution in [-0.2, 0) is 9.47 Å². The molecule has 0 aromatic rings. The summed E-state index contributed by atoms with van der Waals surface area (Å²) in [4.78, 5) is 0. The van der Waals surface area contributed by atoms with Crippen LogP contribution in [-0.4, -0.2) is 38.5 Å². The molecule has 1 saturated heterocycles. The van der Waals surface area contributed by atoms with E-state index in [-0.39, 0.29) is 0 Å². The molecule has 1 saturated carbocycles. The maximum Gasteiger partial charge on any atom is 0.0588 e. The minimum Gasteiger partial charge on any atom is -0.381 e. The van der Waals surface area contributed by atoms with Gasteiger partial charge in [0.05, 0.1) is 12.2 Å². The topological polar surface area (TPSA) is 30.5 Å². The van der Waals surface area contributed by atoms with Gasteiger partial charge in [0, 0.05) is 26.3 Å². The fourth-order valence-corrected chi connectivity index (χ4v) is 2.86. The Bertz CT molecular complexity index is 202. The molecule has 0 spiro atoms. The van der Waals surface area contributed by atoms with Gasteiger partial charge in [-0.15, -0.1) is 0 Å². The maximum absolute atomic E-state index is 5.58. The van der Waals surface area contributed by atoms with Crippen LogP contribution in [0.3, 0.4) is 0 Å². The van der Waals surface area contributed by atoms with Gasteiger partial charge in [0.15, 0.2) is 0 Å². The van der Waals surface area contributed by atoms with Crippen LogP contribution in [0.2, 0.25) is 0 Å². The van der Waals surface area contributed by atoms with E-state index in [2.05, 4.69) is 12.2 Å². The monoisotopic (exact) mass is 227 g/mol. The van der Waals surface area contributed by atoms with Crippen LogP contribution in [0, 0.1) is 5.92 Å². The molecule has 1 heterocycles. The number of rotatable bonds is 4. The molecule has 3 heteroatoms. The van der Waals surface area contributed by atoms with E-state index >= 15 is 0 Å². The fraction of sp³-hybridized carbons (Fsp3) is 1.00. The molecule has 2 fully saturated rings. The second kappa shape index (κ2) is 5.99. The van der Waals surface area contributed by atoms with Crippen LogP contribution in [0.15, 0.2) is 0 Å². The Morgan fingerprint density at radius 1 is 1.19 bits per heavy atom. The van der Waals surface area contributed by atoms with Gasteiger partial charge in [0.1, 0.15) is 0 Å². The van der Waals surface area contributed by atoms with Crippen molar-refractivity contribution in [2.24, 2.45) is 5.92 Å². The van der Waals surface area contributed by atoms with Crippen molar-refractivity contribution in [1.82, 2.24) is 5.32 Å². The summed E-state index contributed by atoms with van der Waals surface area (Å²) in [6.07, 6.45) is 7.13. The second-order valence-corrected chi connectivity index (χ2v) is 5.24. The average Bonchev–Trinajstić information content (AvgIpc) is 2.73. The Kier molecular flexibility index (Phi) is 4.62. The first-order chi connectivity index (χ1) is 7.79. The Morgan fingerprint density at radius 3 is 2.50 bits per heavy atom. The molecule has 0 radical (unpaired) electrons. The maximum atomic E-state index is 5.58. The van der Waals surface area contributed by atoms with E-state index in [4.69, 9.17) is 9.47 Å². The number of ether oxygens (including phenoxy) is 2. The molecule has 94 valence electrons. The summed E-state index contributed by atoms with van der Waals surface area (Å²) in [6.45, 7) is 4.27. The van der Waals surface area contributed by atoms with E-state index in [0.29, 0.717) is 18.2 Å². The molecule has 3 nitrogen and oxygen atoms in total. The van der Waals surface area contributed by atoms with E-state index in [1.54, 1.807) is 0 Å². The molecule has 2 atom stereocenters. The van der Waals surface area contributed by atoms with Gasteiger partial charge in [-0.1, -0.05) is 0 Å². The predicted molar refractivity (Wildman–Crippen MR) is 64.6 cm³/mol. The third-order valence-corrected chi connectivity index (χ3v) is 4.21. The van der Waals surface area contributed by atoms with Crippen molar-refractivity contribution in [2.45, 2.75) is 57.3 Å². The molecule has 0 bridgehead atoms. The second-order valence-electron chi connectivity index (χ2n) is 5.24. The number of hydrogen-bond donors (Lipinski definition) is 1. The molecule has 2 unspecified atom stereocenters. The van der Waals surface area contributed by atoms with Crippen LogP contribution in [0.4, 0.5) is 0 Å². The zero-order valence-electron chi connectivity index (χ0n) is 10.6. The molecule has 0 aromatic heterocycles. The van der Waals surface area contributed by atoms with Crippen molar-refractivity contribution >= 4 is 0 Å². The van der Waals surface area contributed by atoms with Gasteiger partial charge in [-0.3, -0.25) is 0 Å². The van der Waals surface area contributed by atoms with E-state index in [9.17, 15) is 0 Å². The van der Waals surface area contributed by atoms with E-state index < -0.39 is 0 Å². The summed E-state index contributed by atoms with van der Waals surface area (Å²) in [7, 11) is 1.83. The normalized spacial score (nSPS) is 40.1. The Hall–Kier alpha value is -0.120. The van der Waals surface area contributed by atoms with Crippen LogP contribution in [0.1, 0.15) is 39.0 Å². The van der Waals surface area contributed by atoms with Crippen molar-refractivity contribution in [2.75, 3.05) is 20.3 Å². The van der Waals surface area contributed by atoms with Crippen LogP contribution in [0.25, 0.3) is 0 Å². The van der Waals surface area contributed by atoms with Gasteiger partial charge in [-0.05, 0) is 44.9 Å². The average molecular weight is 227 g/mol. The highest BCUT2D eigenvalue weighted by molar-refractivity contribution is 4.81. The van der Waals surface area contributed by atoms with Gasteiger partial charge in [-0.2, -0.15) is 0 Å². The SMILES string of the molecule is COC1CCC(NCC2CCOC2C)CC1. The highest BCUT2D eigenvalue weighted by Crippen LogP contribution is 2.23. The quantitative estimate of drug-likeness (QED) is 0.796. The van der Waals surface area contributed by atoms with Gasteiger partial charge < -0.3 is 14.8 Å². The van der Waals surface area contributed by atoms with E-state index in [0.717, 1.165) is 19.1 Å². The highest BCUT2D eigenvalue weighted by atomic mass is 16.5. The number of nitrogens with one attached hydrogen (secondary N) is 1. The van der Waals surface area contributed by atoms with E-state index in [1.165, 1.54) is 32.1 Å². The zero-order chi connectivity index (χ0) is 11.4. The first-order valence-electron chi connectivity index (χ1n) is 6.67. The summed E-state index contributed by atoms with van der Waals surface area (Å²) < 4.78 is 11.0. The fourth-order valence-electron chi connectivity index (χ4n) is 2.86. The van der Waals surface area contributed by atoms with Crippen LogP contribution < -0.4 is 5.32 Å². The lowest BCUT2D eigenvalue weighted by Gasteiger charge is -2.29. The summed E-state index contributed by atoms with van der Waals surface area (Å²) in [6, 6.07) is 0.708. The van der Waals surface area contributed by atoms with Gasteiger partial charge in [-0.25, -0.2) is 0 Å². The summed E-state index contributed by atoms with van der Waals surface area (Å²) in [5, 5.41) is 3.70. The minimum atomic E-state index is 0.447.